The maximum atomic E-state index is 13.6. The predicted octanol–water partition coefficient (Wildman–Crippen LogP) is 6.14. The lowest BCUT2D eigenvalue weighted by atomic mass is 10.1. The molecule has 3 aromatic rings. The van der Waals surface area contributed by atoms with Crippen molar-refractivity contribution in [1.82, 2.24) is 0 Å². The SMILES string of the molecule is COc1ccc(N2C(=O)C(=Cc3ccc(N(CCC#N)CCC#N)cc3C)N=C2C=Cc2ccccc2)cc1. The van der Waals surface area contributed by atoms with E-state index in [1.54, 1.807) is 18.1 Å². The molecule has 4 rings (SSSR count). The van der Waals surface area contributed by atoms with Gasteiger partial charge in [-0.15, -0.1) is 0 Å². The van der Waals surface area contributed by atoms with Gasteiger partial charge >= 0.3 is 0 Å². The molecule has 39 heavy (non-hydrogen) atoms. The molecule has 7 heteroatoms. The number of carbonyl (C=O) groups is 1. The fourth-order valence-electron chi connectivity index (χ4n) is 4.27. The summed E-state index contributed by atoms with van der Waals surface area (Å²) in [5, 5.41) is 18.0. The van der Waals surface area contributed by atoms with Crippen LogP contribution in [0.15, 0.2) is 89.6 Å². The maximum absolute atomic E-state index is 13.6. The average Bonchev–Trinajstić information content (AvgIpc) is 3.28. The second-order valence-electron chi connectivity index (χ2n) is 8.93. The number of carbonyl (C=O) groups excluding carboxylic acids is 1. The van der Waals surface area contributed by atoms with E-state index in [9.17, 15) is 4.79 Å². The molecular weight excluding hydrogens is 486 g/mol. The predicted molar refractivity (Wildman–Crippen MR) is 155 cm³/mol. The molecule has 0 aromatic heterocycles. The van der Waals surface area contributed by atoms with Gasteiger partial charge in [-0.3, -0.25) is 9.69 Å². The molecule has 0 spiro atoms. The molecule has 1 aliphatic rings. The van der Waals surface area contributed by atoms with Gasteiger partial charge in [0, 0.05) is 18.8 Å². The Balaban J connectivity index is 1.67. The highest BCUT2D eigenvalue weighted by Gasteiger charge is 2.30. The van der Waals surface area contributed by atoms with Gasteiger partial charge in [-0.05, 0) is 72.2 Å². The second kappa shape index (κ2) is 12.9. The molecule has 194 valence electrons. The zero-order valence-electron chi connectivity index (χ0n) is 22.0. The molecular formula is C32H29N5O2. The van der Waals surface area contributed by atoms with Gasteiger partial charge in [-0.2, -0.15) is 10.5 Å². The summed E-state index contributed by atoms with van der Waals surface area (Å²) in [7, 11) is 1.60. The van der Waals surface area contributed by atoms with Gasteiger partial charge in [0.05, 0.1) is 37.8 Å². The van der Waals surface area contributed by atoms with Gasteiger partial charge in [0.2, 0.25) is 0 Å². The first-order chi connectivity index (χ1) is 19.0. The van der Waals surface area contributed by atoms with Crippen molar-refractivity contribution in [2.24, 2.45) is 4.99 Å². The Labute approximate surface area is 229 Å². The monoisotopic (exact) mass is 515 g/mol. The first-order valence-corrected chi connectivity index (χ1v) is 12.7. The summed E-state index contributed by atoms with van der Waals surface area (Å²) in [6.07, 6.45) is 6.33. The van der Waals surface area contributed by atoms with Crippen molar-refractivity contribution < 1.29 is 9.53 Å². The number of rotatable bonds is 10. The number of methoxy groups -OCH3 is 1. The highest BCUT2D eigenvalue weighted by atomic mass is 16.5. The quantitative estimate of drug-likeness (QED) is 0.303. The number of aryl methyl sites for hydroxylation is 1. The van der Waals surface area contributed by atoms with Crippen LogP contribution >= 0.6 is 0 Å². The van der Waals surface area contributed by atoms with Gasteiger partial charge in [-0.25, -0.2) is 4.99 Å². The summed E-state index contributed by atoms with van der Waals surface area (Å²) >= 11 is 0. The minimum atomic E-state index is -0.221. The summed E-state index contributed by atoms with van der Waals surface area (Å²) < 4.78 is 5.28. The highest BCUT2D eigenvalue weighted by molar-refractivity contribution is 6.32. The van der Waals surface area contributed by atoms with Crippen LogP contribution in [-0.4, -0.2) is 31.9 Å². The fourth-order valence-corrected chi connectivity index (χ4v) is 4.27. The van der Waals surface area contributed by atoms with Crippen LogP contribution in [-0.2, 0) is 4.79 Å². The standard InChI is InChI=1S/C32H29N5O2/c1-24-22-28(36(20-6-18-33)21-7-19-34)12-11-26(24)23-30-32(38)37(27-13-15-29(39-2)16-14-27)31(35-30)17-10-25-8-4-3-5-9-25/h3-5,8-17,22-23H,6-7,20-21H2,1-2H3. The number of nitrogens with zero attached hydrogens (tertiary/aromatic N) is 5. The third-order valence-corrected chi connectivity index (χ3v) is 6.34. The third-order valence-electron chi connectivity index (χ3n) is 6.34. The number of anilines is 2. The lowest BCUT2D eigenvalue weighted by Gasteiger charge is -2.23. The topological polar surface area (TPSA) is 92.7 Å². The van der Waals surface area contributed by atoms with E-state index in [2.05, 4.69) is 12.1 Å². The summed E-state index contributed by atoms with van der Waals surface area (Å²) in [6.45, 7) is 3.08. The molecule has 1 heterocycles. The fraction of sp³-hybridized carbons (Fsp3) is 0.188. The zero-order chi connectivity index (χ0) is 27.6. The molecule has 0 fully saturated rings. The van der Waals surface area contributed by atoms with Crippen molar-refractivity contribution in [2.45, 2.75) is 19.8 Å². The van der Waals surface area contributed by atoms with Crippen LogP contribution < -0.4 is 14.5 Å². The largest absolute Gasteiger partial charge is 0.497 e. The smallest absolute Gasteiger partial charge is 0.282 e. The molecule has 0 N–H and O–H groups in total. The Kier molecular flexibility index (Phi) is 8.90. The van der Waals surface area contributed by atoms with Crippen molar-refractivity contribution in [1.29, 1.82) is 10.5 Å². The van der Waals surface area contributed by atoms with Gasteiger partial charge in [-0.1, -0.05) is 42.5 Å². The first-order valence-electron chi connectivity index (χ1n) is 12.7. The van der Waals surface area contributed by atoms with Gasteiger partial charge in [0.15, 0.2) is 0 Å². The Hall–Kier alpha value is -5.14. The number of hydrogen-bond donors (Lipinski definition) is 0. The van der Waals surface area contributed by atoms with Crippen LogP contribution in [0.4, 0.5) is 11.4 Å². The number of ether oxygens (including phenoxy) is 1. The third kappa shape index (κ3) is 6.60. The summed E-state index contributed by atoms with van der Waals surface area (Å²) in [5.41, 5.74) is 4.80. The van der Waals surface area contributed by atoms with E-state index in [4.69, 9.17) is 20.3 Å². The van der Waals surface area contributed by atoms with Crippen molar-refractivity contribution >= 4 is 35.3 Å². The number of hydrogen-bond acceptors (Lipinski definition) is 6. The Morgan fingerprint density at radius 1 is 0.949 bits per heavy atom. The van der Waals surface area contributed by atoms with Crippen LogP contribution in [0.3, 0.4) is 0 Å². The lowest BCUT2D eigenvalue weighted by molar-refractivity contribution is -0.113. The molecule has 0 unspecified atom stereocenters. The minimum Gasteiger partial charge on any atom is -0.497 e. The molecule has 0 atom stereocenters. The van der Waals surface area contributed by atoms with Crippen LogP contribution in [0.5, 0.6) is 5.75 Å². The number of nitriles is 2. The van der Waals surface area contributed by atoms with Crippen LogP contribution in [0.1, 0.15) is 29.5 Å². The van der Waals surface area contributed by atoms with E-state index in [1.807, 2.05) is 96.8 Å². The normalized spacial score (nSPS) is 13.8. The van der Waals surface area contributed by atoms with E-state index in [1.165, 1.54) is 0 Å². The van der Waals surface area contributed by atoms with Crippen LogP contribution in [0.2, 0.25) is 0 Å². The van der Waals surface area contributed by atoms with Crippen molar-refractivity contribution in [2.75, 3.05) is 30.0 Å². The molecule has 0 aliphatic carbocycles. The number of amidine groups is 1. The van der Waals surface area contributed by atoms with Gasteiger partial charge in [0.1, 0.15) is 17.3 Å². The molecule has 1 aliphatic heterocycles. The minimum absolute atomic E-state index is 0.221. The average molecular weight is 516 g/mol. The molecule has 0 saturated heterocycles. The molecule has 3 aromatic carbocycles. The molecule has 0 bridgehead atoms. The molecule has 7 nitrogen and oxygen atoms in total. The summed E-state index contributed by atoms with van der Waals surface area (Å²) in [4.78, 5) is 22.0. The van der Waals surface area contributed by atoms with E-state index in [-0.39, 0.29) is 5.91 Å². The summed E-state index contributed by atoms with van der Waals surface area (Å²) in [6, 6.07) is 27.4. The summed E-state index contributed by atoms with van der Waals surface area (Å²) in [5.74, 6) is 1.00. The highest BCUT2D eigenvalue weighted by Crippen LogP contribution is 2.29. The second-order valence-corrected chi connectivity index (χ2v) is 8.93. The van der Waals surface area contributed by atoms with Crippen LogP contribution in [0, 0.1) is 29.6 Å². The van der Waals surface area contributed by atoms with Crippen molar-refractivity contribution in [3.8, 4) is 17.9 Å². The van der Waals surface area contributed by atoms with E-state index < -0.39 is 0 Å². The maximum Gasteiger partial charge on any atom is 0.282 e. The van der Waals surface area contributed by atoms with Gasteiger partial charge in [0.25, 0.3) is 5.91 Å². The van der Waals surface area contributed by atoms with E-state index in [0.29, 0.717) is 48.9 Å². The number of amides is 1. The van der Waals surface area contributed by atoms with Gasteiger partial charge < -0.3 is 9.64 Å². The Morgan fingerprint density at radius 3 is 2.26 bits per heavy atom. The van der Waals surface area contributed by atoms with E-state index in [0.717, 1.165) is 22.4 Å². The van der Waals surface area contributed by atoms with E-state index >= 15 is 0 Å². The van der Waals surface area contributed by atoms with Crippen molar-refractivity contribution in [3.63, 3.8) is 0 Å². The Morgan fingerprint density at radius 2 is 1.64 bits per heavy atom. The number of benzene rings is 3. The molecule has 1 amide bonds. The van der Waals surface area contributed by atoms with Crippen LogP contribution in [0.25, 0.3) is 12.2 Å². The first kappa shape index (κ1) is 26.9. The molecule has 0 radical (unpaired) electrons. The lowest BCUT2D eigenvalue weighted by Crippen LogP contribution is -2.30. The zero-order valence-corrected chi connectivity index (χ0v) is 22.0. The Bertz CT molecular complexity index is 1470. The van der Waals surface area contributed by atoms with Crippen molar-refractivity contribution in [3.05, 3.63) is 101 Å². The number of aliphatic imine (C=N–C) groups is 1. The molecule has 0 saturated carbocycles.